The van der Waals surface area contributed by atoms with Crippen LogP contribution in [0.5, 0.6) is 0 Å². The number of quaternary nitrogens is 1. The molecule has 1 aliphatic heterocycles. The second-order valence-electron chi connectivity index (χ2n) is 3.77. The molecule has 1 saturated heterocycles. The van der Waals surface area contributed by atoms with Crippen LogP contribution in [0, 0.1) is 0 Å². The molecule has 0 bridgehead atoms. The van der Waals surface area contributed by atoms with Crippen LogP contribution in [0.15, 0.2) is 0 Å². The van der Waals surface area contributed by atoms with Crippen molar-refractivity contribution in [1.29, 1.82) is 0 Å². The summed E-state index contributed by atoms with van der Waals surface area (Å²) >= 11 is 0. The zero-order valence-corrected chi connectivity index (χ0v) is 9.00. The van der Waals surface area contributed by atoms with Gasteiger partial charge in [-0.3, -0.25) is 0 Å². The van der Waals surface area contributed by atoms with Crippen LogP contribution in [-0.2, 0) is 0 Å². The molecule has 0 amide bonds. The highest BCUT2D eigenvalue weighted by atomic mass is 35.5. The second-order valence-corrected chi connectivity index (χ2v) is 3.77. The maximum atomic E-state index is 2.29. The zero-order chi connectivity index (χ0) is 7.94. The van der Waals surface area contributed by atoms with Crippen LogP contribution in [0.4, 0.5) is 0 Å². The van der Waals surface area contributed by atoms with Crippen molar-refractivity contribution in [2.45, 2.75) is 45.4 Å². The molecule has 0 saturated carbocycles. The van der Waals surface area contributed by atoms with E-state index in [1.165, 1.54) is 58.2 Å². The first-order chi connectivity index (χ1) is 5.43. The van der Waals surface area contributed by atoms with Crippen LogP contribution in [0.2, 0.25) is 0 Å². The Morgan fingerprint density at radius 2 is 1.58 bits per heavy atom. The summed E-state index contributed by atoms with van der Waals surface area (Å²) in [6.07, 6.45) is 8.70. The van der Waals surface area contributed by atoms with Gasteiger partial charge in [0, 0.05) is 0 Å². The lowest BCUT2D eigenvalue weighted by Gasteiger charge is -2.15. The van der Waals surface area contributed by atoms with E-state index in [4.69, 9.17) is 0 Å². The molecular weight excluding hydrogens is 170 g/mol. The second kappa shape index (κ2) is 7.88. The van der Waals surface area contributed by atoms with Gasteiger partial charge in [-0.25, -0.2) is 0 Å². The Morgan fingerprint density at radius 3 is 2.08 bits per heavy atom. The molecule has 1 fully saturated rings. The summed E-state index contributed by atoms with van der Waals surface area (Å²) in [6, 6.07) is 0. The topological polar surface area (TPSA) is 4.44 Å². The molecule has 0 spiro atoms. The first-order valence-corrected chi connectivity index (χ1v) is 5.27. The average molecular weight is 192 g/mol. The maximum Gasteiger partial charge on any atom is 0.0770 e. The predicted molar refractivity (Wildman–Crippen MR) is 48.9 cm³/mol. The average Bonchev–Trinajstić information content (AvgIpc) is 2.28. The van der Waals surface area contributed by atoms with Crippen molar-refractivity contribution in [1.82, 2.24) is 0 Å². The maximum absolute atomic E-state index is 2.29. The molecule has 1 N–H and O–H groups in total. The molecule has 1 rings (SSSR count). The Morgan fingerprint density at radius 1 is 1.00 bits per heavy atom. The minimum atomic E-state index is 0. The Balaban J connectivity index is 0.00000121. The van der Waals surface area contributed by atoms with Gasteiger partial charge in [0.05, 0.1) is 19.6 Å². The van der Waals surface area contributed by atoms with Gasteiger partial charge in [0.15, 0.2) is 0 Å². The summed E-state index contributed by atoms with van der Waals surface area (Å²) in [5.41, 5.74) is 0. The highest BCUT2D eigenvalue weighted by molar-refractivity contribution is 4.46. The van der Waals surface area contributed by atoms with E-state index in [-0.39, 0.29) is 12.4 Å². The third kappa shape index (κ3) is 5.00. The SMILES string of the molecule is CCCC[NH+]1CCCCCC1.[Cl-]. The van der Waals surface area contributed by atoms with Crippen LogP contribution in [0.1, 0.15) is 45.4 Å². The van der Waals surface area contributed by atoms with Crippen molar-refractivity contribution < 1.29 is 17.3 Å². The fraction of sp³-hybridized carbons (Fsp3) is 1.00. The minimum Gasteiger partial charge on any atom is -1.00 e. The molecule has 0 atom stereocenters. The molecule has 0 aromatic rings. The van der Waals surface area contributed by atoms with Crippen LogP contribution in [0.3, 0.4) is 0 Å². The molecule has 0 unspecified atom stereocenters. The summed E-state index contributed by atoms with van der Waals surface area (Å²) < 4.78 is 0. The molecule has 0 radical (unpaired) electrons. The van der Waals surface area contributed by atoms with Gasteiger partial charge >= 0.3 is 0 Å². The summed E-state index contributed by atoms with van der Waals surface area (Å²) in [6.45, 7) is 6.60. The lowest BCUT2D eigenvalue weighted by molar-refractivity contribution is -0.899. The van der Waals surface area contributed by atoms with E-state index < -0.39 is 0 Å². The molecule has 12 heavy (non-hydrogen) atoms. The fourth-order valence-electron chi connectivity index (χ4n) is 1.91. The number of halogens is 1. The summed E-state index contributed by atoms with van der Waals surface area (Å²) in [7, 11) is 0. The third-order valence-corrected chi connectivity index (χ3v) is 2.69. The van der Waals surface area contributed by atoms with Crippen LogP contribution >= 0.6 is 0 Å². The van der Waals surface area contributed by atoms with Gasteiger partial charge < -0.3 is 17.3 Å². The van der Waals surface area contributed by atoms with Crippen molar-refractivity contribution in [3.8, 4) is 0 Å². The van der Waals surface area contributed by atoms with Crippen molar-refractivity contribution in [2.24, 2.45) is 0 Å². The van der Waals surface area contributed by atoms with E-state index in [0.29, 0.717) is 0 Å². The summed E-state index contributed by atoms with van der Waals surface area (Å²) in [5.74, 6) is 0. The molecule has 1 nitrogen and oxygen atoms in total. The Hall–Kier alpha value is 0.250. The highest BCUT2D eigenvalue weighted by Crippen LogP contribution is 1.99. The number of likely N-dealkylation sites (tertiary alicyclic amines) is 1. The van der Waals surface area contributed by atoms with Gasteiger partial charge in [-0.2, -0.15) is 0 Å². The van der Waals surface area contributed by atoms with Crippen molar-refractivity contribution in [2.75, 3.05) is 19.6 Å². The first kappa shape index (κ1) is 12.2. The number of rotatable bonds is 3. The Kier molecular flexibility index (Phi) is 8.04. The normalized spacial score (nSPS) is 19.8. The van der Waals surface area contributed by atoms with Gasteiger partial charge in [0.1, 0.15) is 0 Å². The van der Waals surface area contributed by atoms with Gasteiger partial charge in [-0.05, 0) is 32.1 Å². The Bertz CT molecular complexity index is 87.8. The van der Waals surface area contributed by atoms with Crippen LogP contribution in [0.25, 0.3) is 0 Å². The van der Waals surface area contributed by atoms with E-state index in [9.17, 15) is 0 Å². The minimum absolute atomic E-state index is 0. The predicted octanol–water partition coefficient (Wildman–Crippen LogP) is -1.75. The number of unbranched alkanes of at least 4 members (excludes halogenated alkanes) is 1. The molecular formula is C10H22ClN. The number of hydrogen-bond donors (Lipinski definition) is 1. The standard InChI is InChI=1S/C10H21N.ClH/c1-2-3-8-11-9-6-4-5-7-10-11;/h2-10H2,1H3;1H. The smallest absolute Gasteiger partial charge is 0.0770 e. The van der Waals surface area contributed by atoms with E-state index in [1.54, 1.807) is 0 Å². The van der Waals surface area contributed by atoms with Gasteiger partial charge in [0.25, 0.3) is 0 Å². The van der Waals surface area contributed by atoms with Gasteiger partial charge in [-0.15, -0.1) is 0 Å². The van der Waals surface area contributed by atoms with E-state index in [0.717, 1.165) is 0 Å². The van der Waals surface area contributed by atoms with Crippen LogP contribution in [-0.4, -0.2) is 19.6 Å². The largest absolute Gasteiger partial charge is 1.00 e. The van der Waals surface area contributed by atoms with Crippen molar-refractivity contribution in [3.05, 3.63) is 0 Å². The molecule has 0 aromatic heterocycles. The molecule has 0 aromatic carbocycles. The quantitative estimate of drug-likeness (QED) is 0.540. The lowest BCUT2D eigenvalue weighted by Crippen LogP contribution is -3.11. The molecule has 2 heteroatoms. The van der Waals surface area contributed by atoms with Gasteiger partial charge in [-0.1, -0.05) is 13.3 Å². The lowest BCUT2D eigenvalue weighted by atomic mass is 10.2. The van der Waals surface area contributed by atoms with E-state index >= 15 is 0 Å². The summed E-state index contributed by atoms with van der Waals surface area (Å²) in [5, 5.41) is 0. The monoisotopic (exact) mass is 191 g/mol. The molecule has 0 aliphatic carbocycles. The van der Waals surface area contributed by atoms with Crippen molar-refractivity contribution >= 4 is 0 Å². The summed E-state index contributed by atoms with van der Waals surface area (Å²) in [4.78, 5) is 1.87. The Labute approximate surface area is 82.9 Å². The fourth-order valence-corrected chi connectivity index (χ4v) is 1.91. The van der Waals surface area contributed by atoms with Gasteiger partial charge in [0.2, 0.25) is 0 Å². The third-order valence-electron chi connectivity index (χ3n) is 2.69. The molecule has 74 valence electrons. The highest BCUT2D eigenvalue weighted by Gasteiger charge is 2.10. The van der Waals surface area contributed by atoms with E-state index in [2.05, 4.69) is 6.92 Å². The van der Waals surface area contributed by atoms with Crippen molar-refractivity contribution in [3.63, 3.8) is 0 Å². The van der Waals surface area contributed by atoms with Crippen LogP contribution < -0.4 is 17.3 Å². The molecule has 1 heterocycles. The number of nitrogens with one attached hydrogen (secondary N) is 1. The zero-order valence-electron chi connectivity index (χ0n) is 8.24. The number of hydrogen-bond acceptors (Lipinski definition) is 0. The first-order valence-electron chi connectivity index (χ1n) is 5.27. The van der Waals surface area contributed by atoms with E-state index in [1.807, 2.05) is 4.90 Å². The molecule has 1 aliphatic rings.